The molecule has 2 heteroatoms. The number of rotatable bonds is 3. The first-order valence-corrected chi connectivity index (χ1v) is 2.83. The summed E-state index contributed by atoms with van der Waals surface area (Å²) < 4.78 is 4.84. The van der Waals surface area contributed by atoms with Crippen molar-refractivity contribution in [1.29, 1.82) is 0 Å². The molecule has 1 radical (unpaired) electrons. The highest BCUT2D eigenvalue weighted by atomic mass is 16.6. The molecule has 0 aliphatic rings. The minimum Gasteiger partial charge on any atom is -0.368 e. The molecule has 8 heavy (non-hydrogen) atoms. The first-order valence-electron chi connectivity index (χ1n) is 2.83. The zero-order chi connectivity index (χ0) is 6.57. The fourth-order valence-electron chi connectivity index (χ4n) is 0.364. The van der Waals surface area contributed by atoms with E-state index in [0.717, 1.165) is 0 Å². The Kier molecular flexibility index (Phi) is 3.83. The largest absolute Gasteiger partial charge is 0.368 e. The summed E-state index contributed by atoms with van der Waals surface area (Å²) in [5.41, 5.74) is 0. The molecule has 0 fully saturated rings. The van der Waals surface area contributed by atoms with Crippen LogP contribution in [0.1, 0.15) is 20.3 Å². The van der Waals surface area contributed by atoms with Crippen molar-refractivity contribution < 1.29 is 9.84 Å². The molecule has 0 aliphatic heterocycles. The summed E-state index contributed by atoms with van der Waals surface area (Å²) in [7, 11) is 0. The van der Waals surface area contributed by atoms with Crippen molar-refractivity contribution in [1.82, 2.24) is 0 Å². The molecule has 49 valence electrons. The molecule has 0 aromatic carbocycles. The Morgan fingerprint density at radius 3 is 2.38 bits per heavy atom. The van der Waals surface area contributed by atoms with E-state index < -0.39 is 6.29 Å². The highest BCUT2D eigenvalue weighted by Gasteiger charge is 2.00. The quantitative estimate of drug-likeness (QED) is 0.558. The molecular formula is C6H13O2. The molecule has 2 atom stereocenters. The maximum Gasteiger partial charge on any atom is 0.154 e. The molecule has 0 amide bonds. The molecule has 2 unspecified atom stereocenters. The van der Waals surface area contributed by atoms with Crippen molar-refractivity contribution in [2.75, 3.05) is 0 Å². The predicted molar refractivity (Wildman–Crippen MR) is 32.2 cm³/mol. The number of hydrogen-bond acceptors (Lipinski definition) is 2. The lowest BCUT2D eigenvalue weighted by atomic mass is 10.4. The summed E-state index contributed by atoms with van der Waals surface area (Å²) in [5.74, 6) is 0. The summed E-state index contributed by atoms with van der Waals surface area (Å²) >= 11 is 0. The van der Waals surface area contributed by atoms with Crippen molar-refractivity contribution in [3.05, 3.63) is 6.92 Å². The first-order chi connectivity index (χ1) is 3.66. The van der Waals surface area contributed by atoms with Gasteiger partial charge in [0.2, 0.25) is 0 Å². The number of aliphatic hydroxyl groups is 1. The van der Waals surface area contributed by atoms with Gasteiger partial charge in [-0.2, -0.15) is 0 Å². The van der Waals surface area contributed by atoms with Gasteiger partial charge in [-0.05, 0) is 20.3 Å². The Bertz CT molecular complexity index is 52.5. The zero-order valence-electron chi connectivity index (χ0n) is 5.42. The smallest absolute Gasteiger partial charge is 0.154 e. The van der Waals surface area contributed by atoms with Gasteiger partial charge in [-0.3, -0.25) is 0 Å². The van der Waals surface area contributed by atoms with Crippen molar-refractivity contribution in [3.8, 4) is 0 Å². The summed E-state index contributed by atoms with van der Waals surface area (Å²) in [5, 5.41) is 8.77. The van der Waals surface area contributed by atoms with Crippen LogP contribution in [0, 0.1) is 6.92 Å². The monoisotopic (exact) mass is 117 g/mol. The Labute approximate surface area is 50.5 Å². The molecule has 0 aromatic heterocycles. The summed E-state index contributed by atoms with van der Waals surface area (Å²) in [4.78, 5) is 0. The third-order valence-corrected chi connectivity index (χ3v) is 0.739. The molecule has 0 rings (SSSR count). The second kappa shape index (κ2) is 3.87. The number of ether oxygens (including phenoxy) is 1. The molecule has 0 bridgehead atoms. The third kappa shape index (κ3) is 4.09. The molecule has 0 saturated carbocycles. The van der Waals surface area contributed by atoms with Crippen LogP contribution < -0.4 is 0 Å². The van der Waals surface area contributed by atoms with E-state index in [0.29, 0.717) is 6.42 Å². The SMILES string of the molecule is [CH2]C(C)OC(O)CC. The van der Waals surface area contributed by atoms with Crippen molar-refractivity contribution in [2.45, 2.75) is 32.7 Å². The molecule has 0 saturated heterocycles. The number of aliphatic hydroxyl groups excluding tert-OH is 1. The van der Waals surface area contributed by atoms with E-state index >= 15 is 0 Å². The standard InChI is InChI=1S/C6H13O2/c1-4-6(7)8-5(2)3/h5-7H,2,4H2,1,3H3. The van der Waals surface area contributed by atoms with E-state index in [1.807, 2.05) is 6.92 Å². The minimum absolute atomic E-state index is 0.120. The average molecular weight is 117 g/mol. The van der Waals surface area contributed by atoms with Gasteiger partial charge in [0, 0.05) is 0 Å². The Morgan fingerprint density at radius 2 is 2.25 bits per heavy atom. The maximum atomic E-state index is 8.77. The lowest BCUT2D eigenvalue weighted by Gasteiger charge is -2.11. The van der Waals surface area contributed by atoms with Crippen LogP contribution in [0.15, 0.2) is 0 Å². The topological polar surface area (TPSA) is 29.5 Å². The predicted octanol–water partition coefficient (Wildman–Crippen LogP) is 0.954. The van der Waals surface area contributed by atoms with Crippen molar-refractivity contribution in [3.63, 3.8) is 0 Å². The molecule has 0 heterocycles. The van der Waals surface area contributed by atoms with Gasteiger partial charge in [0.05, 0.1) is 6.10 Å². The molecular weight excluding hydrogens is 104 g/mol. The van der Waals surface area contributed by atoms with E-state index in [1.54, 1.807) is 6.92 Å². The van der Waals surface area contributed by atoms with Gasteiger partial charge in [0.1, 0.15) is 0 Å². The first kappa shape index (κ1) is 7.92. The Hall–Kier alpha value is -0.0800. The van der Waals surface area contributed by atoms with Gasteiger partial charge < -0.3 is 9.84 Å². The molecule has 2 nitrogen and oxygen atoms in total. The molecule has 1 N–H and O–H groups in total. The minimum atomic E-state index is -0.637. The Balaban J connectivity index is 3.10. The highest BCUT2D eigenvalue weighted by molar-refractivity contribution is 4.50. The van der Waals surface area contributed by atoms with E-state index in [1.165, 1.54) is 0 Å². The van der Waals surface area contributed by atoms with Gasteiger partial charge in [0.25, 0.3) is 0 Å². The van der Waals surface area contributed by atoms with E-state index in [4.69, 9.17) is 9.84 Å². The van der Waals surface area contributed by atoms with Gasteiger partial charge in [-0.25, -0.2) is 0 Å². The number of hydrogen-bond donors (Lipinski definition) is 1. The molecule has 0 spiro atoms. The van der Waals surface area contributed by atoms with Crippen molar-refractivity contribution in [2.24, 2.45) is 0 Å². The van der Waals surface area contributed by atoms with E-state index in [9.17, 15) is 0 Å². The second-order valence-electron chi connectivity index (χ2n) is 1.81. The normalized spacial score (nSPS) is 14.6. The van der Waals surface area contributed by atoms with E-state index in [2.05, 4.69) is 6.92 Å². The summed E-state index contributed by atoms with van der Waals surface area (Å²) in [6.07, 6.45) is -0.132. The van der Waals surface area contributed by atoms with Gasteiger partial charge >= 0.3 is 0 Å². The summed E-state index contributed by atoms with van der Waals surface area (Å²) in [6.45, 7) is 7.19. The molecule has 0 aromatic rings. The van der Waals surface area contributed by atoms with Crippen LogP contribution in [0.2, 0.25) is 0 Å². The van der Waals surface area contributed by atoms with Gasteiger partial charge in [0.15, 0.2) is 6.29 Å². The van der Waals surface area contributed by atoms with Crippen LogP contribution in [0.5, 0.6) is 0 Å². The van der Waals surface area contributed by atoms with Gasteiger partial charge in [-0.15, -0.1) is 0 Å². The summed E-state index contributed by atoms with van der Waals surface area (Å²) in [6, 6.07) is 0. The lowest BCUT2D eigenvalue weighted by Crippen LogP contribution is -2.15. The van der Waals surface area contributed by atoms with E-state index in [-0.39, 0.29) is 6.10 Å². The molecule has 0 aliphatic carbocycles. The van der Waals surface area contributed by atoms with Crippen LogP contribution in [-0.2, 0) is 4.74 Å². The van der Waals surface area contributed by atoms with Crippen LogP contribution in [0.3, 0.4) is 0 Å². The zero-order valence-corrected chi connectivity index (χ0v) is 5.42. The van der Waals surface area contributed by atoms with Crippen LogP contribution in [0.25, 0.3) is 0 Å². The van der Waals surface area contributed by atoms with Crippen LogP contribution in [-0.4, -0.2) is 17.5 Å². The van der Waals surface area contributed by atoms with Crippen LogP contribution >= 0.6 is 0 Å². The third-order valence-electron chi connectivity index (χ3n) is 0.739. The van der Waals surface area contributed by atoms with Gasteiger partial charge in [-0.1, -0.05) is 6.92 Å². The Morgan fingerprint density at radius 1 is 1.75 bits per heavy atom. The van der Waals surface area contributed by atoms with Crippen LogP contribution in [0.4, 0.5) is 0 Å². The van der Waals surface area contributed by atoms with Crippen molar-refractivity contribution >= 4 is 0 Å². The average Bonchev–Trinajstić information content (AvgIpc) is 1.65. The second-order valence-corrected chi connectivity index (χ2v) is 1.81. The maximum absolute atomic E-state index is 8.77. The fraction of sp³-hybridized carbons (Fsp3) is 0.833. The highest BCUT2D eigenvalue weighted by Crippen LogP contribution is 1.96. The lowest BCUT2D eigenvalue weighted by molar-refractivity contribution is -0.118. The fourth-order valence-corrected chi connectivity index (χ4v) is 0.364.